The highest BCUT2D eigenvalue weighted by Crippen LogP contribution is 2.28. The second-order valence-electron chi connectivity index (χ2n) is 5.13. The third kappa shape index (κ3) is 3.02. The molecule has 1 aromatic carbocycles. The van der Waals surface area contributed by atoms with E-state index in [4.69, 9.17) is 0 Å². The molecule has 1 aromatic heterocycles. The van der Waals surface area contributed by atoms with Gasteiger partial charge in [0.15, 0.2) is 0 Å². The zero-order valence-corrected chi connectivity index (χ0v) is 12.1. The van der Waals surface area contributed by atoms with E-state index in [1.807, 2.05) is 35.2 Å². The van der Waals surface area contributed by atoms with Crippen molar-refractivity contribution in [3.05, 3.63) is 58.3 Å². The fraction of sp³-hybridized carbons (Fsp3) is 0.312. The lowest BCUT2D eigenvalue weighted by molar-refractivity contribution is 0.208. The second-order valence-corrected chi connectivity index (χ2v) is 5.91. The summed E-state index contributed by atoms with van der Waals surface area (Å²) in [4.78, 5) is 14.1. The van der Waals surface area contributed by atoms with E-state index in [2.05, 4.69) is 22.1 Å². The zero-order valence-electron chi connectivity index (χ0n) is 11.3. The molecule has 2 heterocycles. The largest absolute Gasteiger partial charge is 0.334 e. The average molecular weight is 286 g/mol. The molecule has 0 aliphatic carbocycles. The smallest absolute Gasteiger partial charge is 0.317 e. The number of amides is 2. The van der Waals surface area contributed by atoms with Gasteiger partial charge in [-0.25, -0.2) is 4.79 Å². The lowest BCUT2D eigenvalue weighted by atomic mass is 10.0. The van der Waals surface area contributed by atoms with Gasteiger partial charge >= 0.3 is 6.03 Å². The molecule has 4 heteroatoms. The van der Waals surface area contributed by atoms with Gasteiger partial charge in [-0.1, -0.05) is 30.3 Å². The number of likely N-dealkylation sites (tertiary alicyclic amines) is 1. The van der Waals surface area contributed by atoms with Crippen molar-refractivity contribution in [1.29, 1.82) is 0 Å². The van der Waals surface area contributed by atoms with Crippen LogP contribution in [0.25, 0.3) is 0 Å². The van der Waals surface area contributed by atoms with Crippen LogP contribution in [-0.2, 0) is 6.54 Å². The van der Waals surface area contributed by atoms with Crippen molar-refractivity contribution < 1.29 is 4.79 Å². The molecule has 20 heavy (non-hydrogen) atoms. The van der Waals surface area contributed by atoms with E-state index in [1.165, 1.54) is 5.56 Å². The Labute approximate surface area is 123 Å². The number of hydrogen-bond acceptors (Lipinski definition) is 2. The van der Waals surface area contributed by atoms with Gasteiger partial charge in [0, 0.05) is 25.6 Å². The van der Waals surface area contributed by atoms with Crippen molar-refractivity contribution in [2.24, 2.45) is 0 Å². The van der Waals surface area contributed by atoms with Crippen LogP contribution < -0.4 is 5.32 Å². The first-order valence-electron chi connectivity index (χ1n) is 6.92. The lowest BCUT2D eigenvalue weighted by Crippen LogP contribution is -2.37. The molecule has 3 nitrogen and oxygen atoms in total. The molecular weight excluding hydrogens is 268 g/mol. The van der Waals surface area contributed by atoms with Gasteiger partial charge < -0.3 is 10.2 Å². The normalized spacial score (nSPS) is 18.2. The van der Waals surface area contributed by atoms with Gasteiger partial charge in [-0.15, -0.1) is 0 Å². The maximum Gasteiger partial charge on any atom is 0.317 e. The first kappa shape index (κ1) is 13.2. The Kier molecular flexibility index (Phi) is 4.02. The van der Waals surface area contributed by atoms with E-state index in [9.17, 15) is 4.79 Å². The molecule has 0 spiro atoms. The number of urea groups is 1. The third-order valence-corrected chi connectivity index (χ3v) is 4.48. The van der Waals surface area contributed by atoms with Crippen LogP contribution in [-0.4, -0.2) is 24.0 Å². The Hall–Kier alpha value is -1.81. The van der Waals surface area contributed by atoms with E-state index in [-0.39, 0.29) is 6.03 Å². The minimum atomic E-state index is 0.0478. The molecule has 0 saturated carbocycles. The first-order valence-corrected chi connectivity index (χ1v) is 7.86. The summed E-state index contributed by atoms with van der Waals surface area (Å²) in [7, 11) is 0. The highest BCUT2D eigenvalue weighted by Gasteiger charge is 2.27. The van der Waals surface area contributed by atoms with Crippen molar-refractivity contribution in [1.82, 2.24) is 10.2 Å². The van der Waals surface area contributed by atoms with E-state index in [0.29, 0.717) is 12.5 Å². The number of benzene rings is 1. The van der Waals surface area contributed by atoms with Crippen LogP contribution >= 0.6 is 11.3 Å². The van der Waals surface area contributed by atoms with Crippen LogP contribution in [0.4, 0.5) is 4.79 Å². The van der Waals surface area contributed by atoms with Gasteiger partial charge in [-0.3, -0.25) is 0 Å². The molecule has 2 aromatic rings. The lowest BCUT2D eigenvalue weighted by Gasteiger charge is -2.17. The highest BCUT2D eigenvalue weighted by molar-refractivity contribution is 7.07. The fourth-order valence-corrected chi connectivity index (χ4v) is 3.35. The topological polar surface area (TPSA) is 32.3 Å². The predicted octanol–water partition coefficient (Wildman–Crippen LogP) is 3.45. The average Bonchev–Trinajstić information content (AvgIpc) is 3.16. The number of nitrogens with one attached hydrogen (secondary N) is 1. The fourth-order valence-electron chi connectivity index (χ4n) is 2.61. The number of hydrogen-bond donors (Lipinski definition) is 1. The third-order valence-electron chi connectivity index (χ3n) is 3.78. The van der Waals surface area contributed by atoms with E-state index in [1.54, 1.807) is 11.3 Å². The van der Waals surface area contributed by atoms with Crippen molar-refractivity contribution >= 4 is 17.4 Å². The van der Waals surface area contributed by atoms with Crippen LogP contribution in [0.3, 0.4) is 0 Å². The van der Waals surface area contributed by atoms with E-state index < -0.39 is 0 Å². The molecule has 2 amide bonds. The van der Waals surface area contributed by atoms with Crippen molar-refractivity contribution in [3.8, 4) is 0 Å². The quantitative estimate of drug-likeness (QED) is 0.921. The molecule has 1 saturated heterocycles. The summed E-state index contributed by atoms with van der Waals surface area (Å²) in [6, 6.07) is 12.2. The van der Waals surface area contributed by atoms with Gasteiger partial charge in [0.05, 0.1) is 0 Å². The van der Waals surface area contributed by atoms with Crippen LogP contribution in [0, 0.1) is 0 Å². The Balaban J connectivity index is 1.51. The van der Waals surface area contributed by atoms with Crippen LogP contribution in [0.5, 0.6) is 0 Å². The van der Waals surface area contributed by atoms with Crippen molar-refractivity contribution in [3.63, 3.8) is 0 Å². The summed E-state index contributed by atoms with van der Waals surface area (Å²) in [6.07, 6.45) is 1.06. The number of thiophene rings is 1. The molecule has 1 aliphatic rings. The van der Waals surface area contributed by atoms with E-state index >= 15 is 0 Å². The Morgan fingerprint density at radius 2 is 2.15 bits per heavy atom. The van der Waals surface area contributed by atoms with Gasteiger partial charge in [-0.2, -0.15) is 11.3 Å². The number of nitrogens with zero attached hydrogens (tertiary/aromatic N) is 1. The number of carbonyl (C=O) groups excluding carboxylic acids is 1. The van der Waals surface area contributed by atoms with Crippen LogP contribution in [0.2, 0.25) is 0 Å². The molecule has 104 valence electrons. The number of carbonyl (C=O) groups is 1. The van der Waals surface area contributed by atoms with Crippen LogP contribution in [0.1, 0.15) is 23.5 Å². The monoisotopic (exact) mass is 286 g/mol. The SMILES string of the molecule is O=C(NCc1ccccc1)N1CC[C@H](c2ccsc2)C1. The molecule has 0 bridgehead atoms. The molecule has 1 atom stereocenters. The van der Waals surface area contributed by atoms with Crippen molar-refractivity contribution in [2.75, 3.05) is 13.1 Å². The zero-order chi connectivity index (χ0) is 13.8. The van der Waals surface area contributed by atoms with Gasteiger partial charge in [0.1, 0.15) is 0 Å². The molecule has 3 rings (SSSR count). The first-order chi connectivity index (χ1) is 9.83. The summed E-state index contributed by atoms with van der Waals surface area (Å²) in [5, 5.41) is 7.29. The molecule has 1 N–H and O–H groups in total. The van der Waals surface area contributed by atoms with Gasteiger partial charge in [-0.05, 0) is 34.4 Å². The van der Waals surface area contributed by atoms with Gasteiger partial charge in [0.25, 0.3) is 0 Å². The minimum Gasteiger partial charge on any atom is -0.334 e. The maximum absolute atomic E-state index is 12.2. The van der Waals surface area contributed by atoms with Gasteiger partial charge in [0.2, 0.25) is 0 Å². The summed E-state index contributed by atoms with van der Waals surface area (Å²) >= 11 is 1.72. The Morgan fingerprint density at radius 3 is 2.90 bits per heavy atom. The Bertz CT molecular complexity index is 553. The molecule has 0 unspecified atom stereocenters. The Morgan fingerprint density at radius 1 is 1.30 bits per heavy atom. The maximum atomic E-state index is 12.2. The second kappa shape index (κ2) is 6.09. The predicted molar refractivity (Wildman–Crippen MR) is 81.9 cm³/mol. The standard InChI is InChI=1S/C16H18N2OS/c19-16(17-10-13-4-2-1-3-5-13)18-8-6-14(11-18)15-7-9-20-12-15/h1-5,7,9,12,14H,6,8,10-11H2,(H,17,19)/t14-/m0/s1. The molecule has 1 fully saturated rings. The van der Waals surface area contributed by atoms with E-state index in [0.717, 1.165) is 25.1 Å². The summed E-state index contributed by atoms with van der Waals surface area (Å²) in [5.74, 6) is 0.503. The molecule has 0 radical (unpaired) electrons. The van der Waals surface area contributed by atoms with Crippen LogP contribution in [0.15, 0.2) is 47.2 Å². The molecule has 1 aliphatic heterocycles. The summed E-state index contributed by atoms with van der Waals surface area (Å²) in [5.41, 5.74) is 2.50. The van der Waals surface area contributed by atoms with Crippen molar-refractivity contribution in [2.45, 2.75) is 18.9 Å². The summed E-state index contributed by atoms with van der Waals surface area (Å²) in [6.45, 7) is 2.28. The number of rotatable bonds is 3. The summed E-state index contributed by atoms with van der Waals surface area (Å²) < 4.78 is 0. The minimum absolute atomic E-state index is 0.0478. The molecular formula is C16H18N2OS. The highest BCUT2D eigenvalue weighted by atomic mass is 32.1.